The van der Waals surface area contributed by atoms with Crippen LogP contribution in [0.5, 0.6) is 0 Å². The first kappa shape index (κ1) is 8.00. The third-order valence-corrected chi connectivity index (χ3v) is 1.99. The number of nitrogens with one attached hydrogen (secondary N) is 1. The molecule has 0 aromatic rings. The summed E-state index contributed by atoms with van der Waals surface area (Å²) in [5.74, 6) is -0.301. The predicted octanol–water partition coefficient (Wildman–Crippen LogP) is 0.0894. The lowest BCUT2D eigenvalue weighted by molar-refractivity contribution is -0.142. The van der Waals surface area contributed by atoms with Crippen molar-refractivity contribution in [2.75, 3.05) is 0 Å². The number of aliphatic imine (C=N–C) groups is 1. The van der Waals surface area contributed by atoms with Crippen LogP contribution in [0.2, 0.25) is 0 Å². The number of carbonyl (C=O) groups is 1. The second-order valence-corrected chi connectivity index (χ2v) is 3.11. The van der Waals surface area contributed by atoms with E-state index in [0.29, 0.717) is 5.82 Å². The van der Waals surface area contributed by atoms with Gasteiger partial charge in [0.25, 0.3) is 0 Å². The van der Waals surface area contributed by atoms with Crippen molar-refractivity contribution in [2.24, 2.45) is 4.99 Å². The molecular weight excluding hydrogens is 170 g/mol. The molecule has 2 rings (SSSR count). The van der Waals surface area contributed by atoms with Crippen molar-refractivity contribution in [1.82, 2.24) is 10.4 Å². The fourth-order valence-corrected chi connectivity index (χ4v) is 1.23. The van der Waals surface area contributed by atoms with E-state index < -0.39 is 11.5 Å². The topological polar surface area (TPSA) is 64.9 Å². The molecule has 2 aliphatic heterocycles. The molecule has 5 heteroatoms. The van der Waals surface area contributed by atoms with Gasteiger partial charge >= 0.3 is 5.97 Å². The number of carboxylic acids is 1. The molecule has 0 aromatic heterocycles. The van der Waals surface area contributed by atoms with Gasteiger partial charge in [0, 0.05) is 12.4 Å². The lowest BCUT2D eigenvalue weighted by Gasteiger charge is -2.22. The van der Waals surface area contributed by atoms with Crippen LogP contribution in [0.1, 0.15) is 6.92 Å². The van der Waals surface area contributed by atoms with Gasteiger partial charge in [-0.15, -0.1) is 0 Å². The van der Waals surface area contributed by atoms with Crippen molar-refractivity contribution in [3.8, 4) is 0 Å². The molecule has 1 atom stereocenters. The summed E-state index contributed by atoms with van der Waals surface area (Å²) in [4.78, 5) is 14.9. The average Bonchev–Trinajstić information content (AvgIpc) is 2.42. The van der Waals surface area contributed by atoms with Crippen LogP contribution in [-0.2, 0) is 4.79 Å². The predicted molar refractivity (Wildman–Crippen MR) is 46.7 cm³/mol. The van der Waals surface area contributed by atoms with Crippen LogP contribution in [-0.4, -0.2) is 27.8 Å². The summed E-state index contributed by atoms with van der Waals surface area (Å²) >= 11 is 0. The number of rotatable bonds is 1. The summed E-state index contributed by atoms with van der Waals surface area (Å²) in [5.41, 5.74) is 1.76. The number of hydrogen-bond acceptors (Lipinski definition) is 4. The van der Waals surface area contributed by atoms with Crippen LogP contribution in [0, 0.1) is 0 Å². The maximum atomic E-state index is 10.9. The second kappa shape index (κ2) is 2.43. The van der Waals surface area contributed by atoms with Gasteiger partial charge in [-0.3, -0.25) is 5.01 Å². The number of carboxylic acid groups (broad SMARTS) is 1. The number of hydrogen-bond donors (Lipinski definition) is 2. The number of fused-ring (bicyclic) bond motifs is 1. The van der Waals surface area contributed by atoms with Crippen LogP contribution in [0.15, 0.2) is 29.2 Å². The van der Waals surface area contributed by atoms with Crippen molar-refractivity contribution in [3.05, 3.63) is 24.2 Å². The quantitative estimate of drug-likeness (QED) is 0.598. The molecule has 0 aliphatic carbocycles. The highest BCUT2D eigenvalue weighted by Gasteiger charge is 2.39. The van der Waals surface area contributed by atoms with Crippen LogP contribution in [0.3, 0.4) is 0 Å². The van der Waals surface area contributed by atoms with Crippen molar-refractivity contribution in [3.63, 3.8) is 0 Å². The zero-order valence-corrected chi connectivity index (χ0v) is 7.06. The first-order valence-electron chi connectivity index (χ1n) is 3.86. The standard InChI is InChI=1S/C8H9N3O2/c1-8(7(12)13)5-6-9-3-2-4-11(6)10-8/h2-5,10H,1H3,(H,12,13). The zero-order valence-electron chi connectivity index (χ0n) is 7.06. The molecule has 0 spiro atoms. The molecule has 5 nitrogen and oxygen atoms in total. The molecule has 0 fully saturated rings. The van der Waals surface area contributed by atoms with E-state index in [9.17, 15) is 4.79 Å². The summed E-state index contributed by atoms with van der Waals surface area (Å²) in [7, 11) is 0. The molecule has 0 aromatic carbocycles. The first-order valence-corrected chi connectivity index (χ1v) is 3.86. The summed E-state index contributed by atoms with van der Waals surface area (Å²) in [5, 5.41) is 10.5. The fraction of sp³-hybridized carbons (Fsp3) is 0.250. The molecular formula is C8H9N3O2. The summed E-state index contributed by atoms with van der Waals surface area (Å²) < 4.78 is 0. The Hall–Kier alpha value is -1.62. The van der Waals surface area contributed by atoms with E-state index in [0.717, 1.165) is 0 Å². The van der Waals surface area contributed by atoms with E-state index in [4.69, 9.17) is 5.11 Å². The third-order valence-electron chi connectivity index (χ3n) is 1.99. The molecule has 1 unspecified atom stereocenters. The number of allylic oxidation sites excluding steroid dienone is 1. The van der Waals surface area contributed by atoms with Crippen LogP contribution in [0.4, 0.5) is 0 Å². The van der Waals surface area contributed by atoms with E-state index >= 15 is 0 Å². The van der Waals surface area contributed by atoms with Gasteiger partial charge in [0.2, 0.25) is 0 Å². The number of nitrogens with zero attached hydrogens (tertiary/aromatic N) is 2. The van der Waals surface area contributed by atoms with Gasteiger partial charge in [-0.25, -0.2) is 15.2 Å². The van der Waals surface area contributed by atoms with E-state index in [1.807, 2.05) is 0 Å². The average molecular weight is 179 g/mol. The Bertz CT molecular complexity index is 345. The summed E-state index contributed by atoms with van der Waals surface area (Å²) in [6, 6.07) is 0. The molecule has 0 amide bonds. The maximum absolute atomic E-state index is 10.9. The Morgan fingerprint density at radius 1 is 1.77 bits per heavy atom. The van der Waals surface area contributed by atoms with Gasteiger partial charge in [-0.1, -0.05) is 0 Å². The minimum atomic E-state index is -1.05. The van der Waals surface area contributed by atoms with Crippen LogP contribution < -0.4 is 5.43 Å². The normalized spacial score (nSPS) is 30.2. The molecule has 2 aliphatic rings. The zero-order chi connectivity index (χ0) is 9.47. The van der Waals surface area contributed by atoms with E-state index in [1.165, 1.54) is 0 Å². The second-order valence-electron chi connectivity index (χ2n) is 3.11. The Balaban J connectivity index is 2.34. The van der Waals surface area contributed by atoms with Gasteiger partial charge in [0.1, 0.15) is 5.82 Å². The number of hydrazine groups is 1. The van der Waals surface area contributed by atoms with Crippen LogP contribution in [0.25, 0.3) is 0 Å². The largest absolute Gasteiger partial charge is 0.480 e. The Morgan fingerprint density at radius 2 is 2.54 bits per heavy atom. The minimum Gasteiger partial charge on any atom is -0.480 e. The summed E-state index contributed by atoms with van der Waals surface area (Å²) in [6.07, 6.45) is 6.66. The highest BCUT2D eigenvalue weighted by atomic mass is 16.4. The van der Waals surface area contributed by atoms with E-state index in [1.54, 1.807) is 36.5 Å². The SMILES string of the molecule is CC1(C(=O)O)C=C2N=CC=CN2N1. The van der Waals surface area contributed by atoms with Gasteiger partial charge in [0.15, 0.2) is 5.54 Å². The Labute approximate surface area is 75.0 Å². The molecule has 0 saturated carbocycles. The number of aliphatic carboxylic acids is 1. The lowest BCUT2D eigenvalue weighted by atomic mass is 10.1. The molecule has 13 heavy (non-hydrogen) atoms. The molecule has 0 bridgehead atoms. The van der Waals surface area contributed by atoms with Crippen molar-refractivity contribution >= 4 is 12.2 Å². The Morgan fingerprint density at radius 3 is 3.15 bits per heavy atom. The summed E-state index contributed by atoms with van der Waals surface area (Å²) in [6.45, 7) is 1.59. The van der Waals surface area contributed by atoms with E-state index in [2.05, 4.69) is 10.4 Å². The molecule has 0 radical (unpaired) electrons. The highest BCUT2D eigenvalue weighted by molar-refractivity contribution is 5.82. The van der Waals surface area contributed by atoms with Gasteiger partial charge in [0.05, 0.1) is 0 Å². The van der Waals surface area contributed by atoms with Gasteiger partial charge in [-0.2, -0.15) is 0 Å². The van der Waals surface area contributed by atoms with Crippen molar-refractivity contribution in [1.29, 1.82) is 0 Å². The smallest absolute Gasteiger partial charge is 0.329 e. The van der Waals surface area contributed by atoms with Gasteiger partial charge in [-0.05, 0) is 19.1 Å². The molecule has 2 N–H and O–H groups in total. The van der Waals surface area contributed by atoms with Crippen molar-refractivity contribution in [2.45, 2.75) is 12.5 Å². The van der Waals surface area contributed by atoms with Crippen LogP contribution >= 0.6 is 0 Å². The molecule has 68 valence electrons. The van der Waals surface area contributed by atoms with E-state index in [-0.39, 0.29) is 0 Å². The molecule has 0 saturated heterocycles. The van der Waals surface area contributed by atoms with Crippen molar-refractivity contribution < 1.29 is 9.90 Å². The highest BCUT2D eigenvalue weighted by Crippen LogP contribution is 2.23. The lowest BCUT2D eigenvalue weighted by Crippen LogP contribution is -2.48. The molecule has 2 heterocycles. The minimum absolute atomic E-state index is 0.618. The van der Waals surface area contributed by atoms with Gasteiger partial charge < -0.3 is 5.11 Å². The monoisotopic (exact) mass is 179 g/mol. The third kappa shape index (κ3) is 1.13. The fourth-order valence-electron chi connectivity index (χ4n) is 1.23. The first-order chi connectivity index (χ1) is 6.12. The maximum Gasteiger partial charge on any atom is 0.329 e. The Kier molecular flexibility index (Phi) is 1.50.